The summed E-state index contributed by atoms with van der Waals surface area (Å²) in [7, 11) is -2.82. The number of piperidine rings is 1. The molecule has 0 bridgehead atoms. The molecule has 53 heavy (non-hydrogen) atoms. The largest absolute Gasteiger partial charge is 0.495 e. The van der Waals surface area contributed by atoms with Gasteiger partial charge in [0.15, 0.2) is 15.9 Å². The van der Waals surface area contributed by atoms with Crippen molar-refractivity contribution in [3.05, 3.63) is 89.0 Å². The van der Waals surface area contributed by atoms with E-state index in [1.165, 1.54) is 55.6 Å². The van der Waals surface area contributed by atoms with E-state index in [0.29, 0.717) is 26.3 Å². The highest BCUT2D eigenvalue weighted by atomic mass is 32.2. The van der Waals surface area contributed by atoms with Crippen LogP contribution in [0.3, 0.4) is 0 Å². The number of carbonyl (C=O) groups is 1. The smallest absolute Gasteiger partial charge is 0.416 e. The van der Waals surface area contributed by atoms with E-state index in [-0.39, 0.29) is 62.1 Å². The maximum atomic E-state index is 14.6. The SMILES string of the molecule is COc1cc2nc(-c3cccc(C(F)(F)F)c3)c(CN3CCC(N4CCOCC4)CC3)c(C(=O)N[C@H](c3ccccc3)C(F)(F)F)c2cc1S(C)(=O)=O. The average Bonchev–Trinajstić information content (AvgIpc) is 3.12. The standard InChI is InChI=1S/C37H38F6N4O5S/c1-51-30-21-29-27(20-31(30)53(2,49)50)32(35(48)45-34(37(41,42)43)23-7-4-3-5-8-23)28(33(44-29)24-9-6-10-25(19-24)36(38,39)40)22-46-13-11-26(12-14-46)47-15-17-52-18-16-47/h3-10,19-21,26,34H,11-18,22H2,1-2H3,(H,45,48)/t34-/m1/s1. The predicted octanol–water partition coefficient (Wildman–Crippen LogP) is 6.66. The third-order valence-electron chi connectivity index (χ3n) is 9.70. The number of benzene rings is 3. The molecule has 1 aromatic heterocycles. The fourth-order valence-corrected chi connectivity index (χ4v) is 7.91. The number of halogens is 6. The van der Waals surface area contributed by atoms with Crippen molar-refractivity contribution in [3.63, 3.8) is 0 Å². The lowest BCUT2D eigenvalue weighted by atomic mass is 9.93. The van der Waals surface area contributed by atoms with Crippen LogP contribution in [0.2, 0.25) is 0 Å². The van der Waals surface area contributed by atoms with Gasteiger partial charge in [0.1, 0.15) is 10.6 Å². The Bertz CT molecular complexity index is 2060. The van der Waals surface area contributed by atoms with E-state index < -0.39 is 39.7 Å². The summed E-state index contributed by atoms with van der Waals surface area (Å²) in [6.45, 7) is 3.72. The molecule has 6 rings (SSSR count). The minimum Gasteiger partial charge on any atom is -0.495 e. The Morgan fingerprint density at radius 2 is 1.64 bits per heavy atom. The average molecular weight is 765 g/mol. The second kappa shape index (κ2) is 15.2. The predicted molar refractivity (Wildman–Crippen MR) is 185 cm³/mol. The second-order valence-corrected chi connectivity index (χ2v) is 15.2. The molecule has 0 aliphatic carbocycles. The summed E-state index contributed by atoms with van der Waals surface area (Å²) < 4.78 is 123. The minimum atomic E-state index is -4.95. The van der Waals surface area contributed by atoms with Gasteiger partial charge >= 0.3 is 12.4 Å². The van der Waals surface area contributed by atoms with Crippen LogP contribution in [0.25, 0.3) is 22.2 Å². The number of pyridine rings is 1. The first-order chi connectivity index (χ1) is 25.0. The number of nitrogens with one attached hydrogen (secondary N) is 1. The number of aromatic nitrogens is 1. The van der Waals surface area contributed by atoms with Gasteiger partial charge in [-0.3, -0.25) is 14.6 Å². The van der Waals surface area contributed by atoms with E-state index in [9.17, 15) is 39.6 Å². The molecule has 0 radical (unpaired) electrons. The van der Waals surface area contributed by atoms with E-state index in [1.54, 1.807) is 0 Å². The molecule has 4 aromatic rings. The highest BCUT2D eigenvalue weighted by Gasteiger charge is 2.43. The van der Waals surface area contributed by atoms with Crippen molar-refractivity contribution >= 4 is 26.6 Å². The number of methoxy groups -OCH3 is 1. The molecular formula is C37H38F6N4O5S. The molecule has 1 amide bonds. The minimum absolute atomic E-state index is 0.0319. The van der Waals surface area contributed by atoms with Crippen LogP contribution in [0.5, 0.6) is 5.75 Å². The highest BCUT2D eigenvalue weighted by molar-refractivity contribution is 7.90. The topological polar surface area (TPSA) is 101 Å². The Balaban J connectivity index is 1.56. The van der Waals surface area contributed by atoms with Crippen LogP contribution in [-0.2, 0) is 27.3 Å². The number of alkyl halides is 6. The Labute approximate surface area is 302 Å². The summed E-state index contributed by atoms with van der Waals surface area (Å²) >= 11 is 0. The molecule has 2 aliphatic heterocycles. The van der Waals surface area contributed by atoms with Crippen molar-refractivity contribution in [2.24, 2.45) is 0 Å². The van der Waals surface area contributed by atoms with Gasteiger partial charge in [-0.15, -0.1) is 0 Å². The third-order valence-corrected chi connectivity index (χ3v) is 10.8. The normalized spacial score (nSPS) is 17.5. The van der Waals surface area contributed by atoms with E-state index in [2.05, 4.69) is 10.2 Å². The summed E-state index contributed by atoms with van der Waals surface area (Å²) in [6, 6.07) is 11.2. The number of sulfone groups is 1. The summed E-state index contributed by atoms with van der Waals surface area (Å²) in [5.41, 5.74) is -1.70. The van der Waals surface area contributed by atoms with Gasteiger partial charge in [-0.2, -0.15) is 26.3 Å². The summed E-state index contributed by atoms with van der Waals surface area (Å²) in [4.78, 5) is 23.2. The van der Waals surface area contributed by atoms with E-state index >= 15 is 0 Å². The molecule has 16 heteroatoms. The number of likely N-dealkylation sites (tertiary alicyclic amines) is 1. The van der Waals surface area contributed by atoms with Gasteiger partial charge in [0.25, 0.3) is 5.91 Å². The van der Waals surface area contributed by atoms with Gasteiger partial charge in [-0.25, -0.2) is 13.4 Å². The van der Waals surface area contributed by atoms with Crippen molar-refractivity contribution in [1.82, 2.24) is 20.1 Å². The highest BCUT2D eigenvalue weighted by Crippen LogP contribution is 2.40. The molecule has 0 spiro atoms. The first-order valence-corrected chi connectivity index (χ1v) is 18.8. The number of hydrogen-bond acceptors (Lipinski definition) is 8. The molecule has 2 saturated heterocycles. The van der Waals surface area contributed by atoms with Crippen molar-refractivity contribution in [1.29, 1.82) is 0 Å². The molecule has 3 aromatic carbocycles. The van der Waals surface area contributed by atoms with Crippen LogP contribution < -0.4 is 10.1 Å². The van der Waals surface area contributed by atoms with Crippen LogP contribution in [0.4, 0.5) is 26.3 Å². The number of hydrogen-bond donors (Lipinski definition) is 1. The number of carbonyl (C=O) groups excluding carboxylic acids is 1. The number of morpholine rings is 1. The lowest BCUT2D eigenvalue weighted by Gasteiger charge is -2.40. The van der Waals surface area contributed by atoms with Crippen LogP contribution in [0, 0.1) is 0 Å². The van der Waals surface area contributed by atoms with Crippen LogP contribution >= 0.6 is 0 Å². The first kappa shape index (κ1) is 38.5. The van der Waals surface area contributed by atoms with Crippen molar-refractivity contribution in [2.75, 3.05) is 52.8 Å². The maximum absolute atomic E-state index is 14.6. The van der Waals surface area contributed by atoms with Crippen LogP contribution in [0.15, 0.2) is 71.6 Å². The van der Waals surface area contributed by atoms with Gasteiger partial charge in [0.05, 0.1) is 42.7 Å². The number of ether oxygens (including phenoxy) is 2. The molecule has 3 heterocycles. The van der Waals surface area contributed by atoms with Crippen molar-refractivity contribution in [3.8, 4) is 17.0 Å². The second-order valence-electron chi connectivity index (χ2n) is 13.2. The Morgan fingerprint density at radius 1 is 0.962 bits per heavy atom. The quantitative estimate of drug-likeness (QED) is 0.189. The zero-order chi connectivity index (χ0) is 38.1. The number of amides is 1. The molecule has 0 unspecified atom stereocenters. The number of fused-ring (bicyclic) bond motifs is 1. The maximum Gasteiger partial charge on any atom is 0.416 e. The molecule has 2 aliphatic rings. The Kier molecular flexibility index (Phi) is 11.1. The summed E-state index contributed by atoms with van der Waals surface area (Å²) in [6.07, 6.45) is -7.33. The van der Waals surface area contributed by atoms with Crippen LogP contribution in [0.1, 0.15) is 45.9 Å². The van der Waals surface area contributed by atoms with Gasteiger partial charge in [-0.05, 0) is 49.7 Å². The van der Waals surface area contributed by atoms with Gasteiger partial charge in [0.2, 0.25) is 0 Å². The molecule has 1 atom stereocenters. The van der Waals surface area contributed by atoms with E-state index in [0.717, 1.165) is 50.4 Å². The number of nitrogens with zero attached hydrogens (tertiary/aromatic N) is 3. The lowest BCUT2D eigenvalue weighted by molar-refractivity contribution is -0.155. The Morgan fingerprint density at radius 3 is 2.25 bits per heavy atom. The van der Waals surface area contributed by atoms with Gasteiger partial charge < -0.3 is 14.8 Å². The first-order valence-electron chi connectivity index (χ1n) is 16.9. The zero-order valence-corrected chi connectivity index (χ0v) is 29.7. The summed E-state index contributed by atoms with van der Waals surface area (Å²) in [5, 5.41) is 2.02. The fraction of sp³-hybridized carbons (Fsp3) is 0.405. The van der Waals surface area contributed by atoms with Gasteiger partial charge in [0, 0.05) is 54.5 Å². The zero-order valence-electron chi connectivity index (χ0n) is 28.9. The fourth-order valence-electron chi connectivity index (χ4n) is 7.07. The molecule has 1 N–H and O–H groups in total. The third kappa shape index (κ3) is 8.61. The van der Waals surface area contributed by atoms with E-state index in [1.807, 2.05) is 4.90 Å². The Hall–Kier alpha value is -4.25. The number of rotatable bonds is 9. The van der Waals surface area contributed by atoms with Crippen molar-refractivity contribution < 1.29 is 49.0 Å². The lowest BCUT2D eigenvalue weighted by Crippen LogP contribution is -2.48. The van der Waals surface area contributed by atoms with E-state index in [4.69, 9.17) is 14.5 Å². The molecule has 9 nitrogen and oxygen atoms in total. The monoisotopic (exact) mass is 764 g/mol. The molecule has 284 valence electrons. The van der Waals surface area contributed by atoms with Gasteiger partial charge in [-0.1, -0.05) is 42.5 Å². The summed E-state index contributed by atoms with van der Waals surface area (Å²) in [5.74, 6) is -1.37. The molecule has 2 fully saturated rings. The van der Waals surface area contributed by atoms with Crippen molar-refractivity contribution in [2.45, 2.75) is 48.7 Å². The molecule has 0 saturated carbocycles. The molecular weight excluding hydrogens is 726 g/mol. The van der Waals surface area contributed by atoms with Crippen LogP contribution in [-0.4, -0.2) is 94.1 Å².